The van der Waals surface area contributed by atoms with Crippen LogP contribution in [0.1, 0.15) is 6.42 Å². The van der Waals surface area contributed by atoms with E-state index in [9.17, 15) is 14.4 Å². The number of rotatable bonds is 5. The summed E-state index contributed by atoms with van der Waals surface area (Å²) in [5.74, 6) is -2.48. The van der Waals surface area contributed by atoms with Crippen LogP contribution in [0.15, 0.2) is 24.8 Å². The molecule has 0 aromatic rings. The van der Waals surface area contributed by atoms with Crippen molar-refractivity contribution in [2.45, 2.75) is 12.5 Å². The average molecular weight is 271 g/mol. The number of hydrogen-bond acceptors (Lipinski definition) is 5. The summed E-state index contributed by atoms with van der Waals surface area (Å²) in [5.41, 5.74) is -0.303. The van der Waals surface area contributed by atoms with E-state index in [2.05, 4.69) is 18.5 Å². The van der Waals surface area contributed by atoms with Crippen LogP contribution in [0.4, 0.5) is 0 Å². The number of carbonyl (C=O) groups is 3. The highest BCUT2D eigenvalue weighted by Gasteiger charge is 2.18. The molecule has 1 saturated heterocycles. The minimum absolute atomic E-state index is 0.0350. The van der Waals surface area contributed by atoms with Crippen LogP contribution in [0.5, 0.6) is 0 Å². The molecule has 0 bridgehead atoms. The molecule has 0 amide bonds. The second-order valence-electron chi connectivity index (χ2n) is 3.65. The number of carboxylic acid groups (broad SMARTS) is 2. The zero-order valence-electron chi connectivity index (χ0n) is 10.4. The third-order valence-electron chi connectivity index (χ3n) is 2.11. The lowest BCUT2D eigenvalue weighted by atomic mass is 10.2. The van der Waals surface area contributed by atoms with Crippen LogP contribution in [0.3, 0.4) is 0 Å². The summed E-state index contributed by atoms with van der Waals surface area (Å²) in [7, 11) is 0. The predicted octanol–water partition coefficient (Wildman–Crippen LogP) is -0.168. The maximum Gasteiger partial charge on any atom is 0.331 e. The van der Waals surface area contributed by atoms with E-state index in [0.29, 0.717) is 13.2 Å². The molecule has 0 radical (unpaired) electrons. The molecule has 1 atom stereocenters. The van der Waals surface area contributed by atoms with E-state index in [1.54, 1.807) is 0 Å². The summed E-state index contributed by atoms with van der Waals surface area (Å²) in [6.07, 6.45) is 0.499. The van der Waals surface area contributed by atoms with E-state index in [4.69, 9.17) is 14.9 Å². The molecule has 0 spiro atoms. The number of aliphatic carboxylic acids is 2. The summed E-state index contributed by atoms with van der Waals surface area (Å²) in [6, 6.07) is 0. The molecule has 1 aliphatic rings. The van der Waals surface area contributed by atoms with Crippen LogP contribution in [0.25, 0.3) is 0 Å². The number of carbonyl (C=O) groups excluding carboxylic acids is 1. The first-order chi connectivity index (χ1) is 8.88. The zero-order valence-corrected chi connectivity index (χ0v) is 10.4. The number of ketones is 1. The van der Waals surface area contributed by atoms with Crippen LogP contribution in [0, 0.1) is 0 Å². The standard InChI is InChI=1S/C7H11NO2.C5H6O4/c1-2-6(9)7-5-8-3-4-10-7;1-3(5(8)9)2-4(6)7/h2,7-8H,1,3-5H2;1-2H2,(H,6,7)(H,8,9). The monoisotopic (exact) mass is 271 g/mol. The fraction of sp³-hybridized carbons (Fsp3) is 0.417. The maximum atomic E-state index is 10.9. The highest BCUT2D eigenvalue weighted by atomic mass is 16.5. The van der Waals surface area contributed by atoms with E-state index in [1.165, 1.54) is 6.08 Å². The number of morpholine rings is 1. The molecule has 0 aromatic heterocycles. The third kappa shape index (κ3) is 7.85. The van der Waals surface area contributed by atoms with E-state index in [-0.39, 0.29) is 17.5 Å². The molecule has 0 aromatic carbocycles. The lowest BCUT2D eigenvalue weighted by Crippen LogP contribution is -2.42. The van der Waals surface area contributed by atoms with E-state index < -0.39 is 18.4 Å². The van der Waals surface area contributed by atoms with Gasteiger partial charge in [-0.15, -0.1) is 0 Å². The van der Waals surface area contributed by atoms with E-state index >= 15 is 0 Å². The normalized spacial score (nSPS) is 17.6. The largest absolute Gasteiger partial charge is 0.481 e. The highest BCUT2D eigenvalue weighted by Crippen LogP contribution is 1.97. The second kappa shape index (κ2) is 9.01. The molecule has 3 N–H and O–H groups in total. The highest BCUT2D eigenvalue weighted by molar-refractivity contribution is 5.93. The molecule has 1 aliphatic heterocycles. The van der Waals surface area contributed by atoms with Crippen molar-refractivity contribution in [1.82, 2.24) is 5.32 Å². The molecular weight excluding hydrogens is 254 g/mol. The lowest BCUT2D eigenvalue weighted by molar-refractivity contribution is -0.139. The summed E-state index contributed by atoms with van der Waals surface area (Å²) >= 11 is 0. The Morgan fingerprint density at radius 2 is 2.00 bits per heavy atom. The molecule has 1 heterocycles. The van der Waals surface area contributed by atoms with Crippen LogP contribution >= 0.6 is 0 Å². The first-order valence-electron chi connectivity index (χ1n) is 5.50. The number of hydrogen-bond donors (Lipinski definition) is 3. The molecule has 7 nitrogen and oxygen atoms in total. The molecule has 0 saturated carbocycles. The van der Waals surface area contributed by atoms with E-state index in [1.807, 2.05) is 0 Å². The Morgan fingerprint density at radius 3 is 2.32 bits per heavy atom. The van der Waals surface area contributed by atoms with Crippen LogP contribution in [0.2, 0.25) is 0 Å². The Hall–Kier alpha value is -1.99. The number of nitrogens with one attached hydrogen (secondary N) is 1. The van der Waals surface area contributed by atoms with E-state index in [0.717, 1.165) is 6.54 Å². The van der Waals surface area contributed by atoms with Gasteiger partial charge in [0.25, 0.3) is 0 Å². The SMILES string of the molecule is C=C(CC(=O)O)C(=O)O.C=CC(=O)C1CNCCO1. The van der Waals surface area contributed by atoms with Crippen LogP contribution < -0.4 is 5.32 Å². The van der Waals surface area contributed by atoms with Gasteiger partial charge in [0.05, 0.1) is 13.0 Å². The first kappa shape index (κ1) is 17.0. The summed E-state index contributed by atoms with van der Waals surface area (Å²) in [6.45, 7) is 8.46. The average Bonchev–Trinajstić information content (AvgIpc) is 2.38. The molecule has 0 aliphatic carbocycles. The molecule has 1 unspecified atom stereocenters. The second-order valence-corrected chi connectivity index (χ2v) is 3.65. The quantitative estimate of drug-likeness (QED) is 0.595. The topological polar surface area (TPSA) is 113 Å². The summed E-state index contributed by atoms with van der Waals surface area (Å²) in [5, 5.41) is 19.1. The minimum atomic E-state index is -1.27. The third-order valence-corrected chi connectivity index (χ3v) is 2.11. The van der Waals surface area contributed by atoms with Gasteiger partial charge in [-0.05, 0) is 6.08 Å². The van der Waals surface area contributed by atoms with Gasteiger partial charge in [-0.3, -0.25) is 9.59 Å². The van der Waals surface area contributed by atoms with Gasteiger partial charge >= 0.3 is 11.9 Å². The smallest absolute Gasteiger partial charge is 0.331 e. The zero-order chi connectivity index (χ0) is 14.8. The van der Waals surface area contributed by atoms with Gasteiger partial charge in [-0.2, -0.15) is 0 Å². The number of carboxylic acids is 2. The van der Waals surface area contributed by atoms with Gasteiger partial charge in [0, 0.05) is 18.7 Å². The van der Waals surface area contributed by atoms with Gasteiger partial charge in [0.1, 0.15) is 6.10 Å². The van der Waals surface area contributed by atoms with Gasteiger partial charge in [0.15, 0.2) is 5.78 Å². The Kier molecular flexibility index (Phi) is 8.07. The fourth-order valence-corrected chi connectivity index (χ4v) is 1.14. The Bertz CT molecular complexity index is 370. The molecule has 19 heavy (non-hydrogen) atoms. The van der Waals surface area contributed by atoms with Crippen LogP contribution in [-0.4, -0.2) is 53.7 Å². The molecule has 7 heteroatoms. The van der Waals surface area contributed by atoms with Crippen molar-refractivity contribution in [2.75, 3.05) is 19.7 Å². The van der Waals surface area contributed by atoms with Crippen molar-refractivity contribution >= 4 is 17.7 Å². The van der Waals surface area contributed by atoms with Crippen molar-refractivity contribution in [2.24, 2.45) is 0 Å². The van der Waals surface area contributed by atoms with Crippen molar-refractivity contribution in [3.05, 3.63) is 24.8 Å². The van der Waals surface area contributed by atoms with Gasteiger partial charge in [-0.25, -0.2) is 4.79 Å². The summed E-state index contributed by atoms with van der Waals surface area (Å²) in [4.78, 5) is 30.5. The molecule has 1 rings (SSSR count). The summed E-state index contributed by atoms with van der Waals surface area (Å²) < 4.78 is 5.15. The molecule has 1 fully saturated rings. The van der Waals surface area contributed by atoms with Gasteiger partial charge in [0.2, 0.25) is 0 Å². The van der Waals surface area contributed by atoms with Gasteiger partial charge < -0.3 is 20.3 Å². The van der Waals surface area contributed by atoms with Crippen molar-refractivity contribution < 1.29 is 29.3 Å². The maximum absolute atomic E-state index is 10.9. The molecule has 106 valence electrons. The van der Waals surface area contributed by atoms with Crippen molar-refractivity contribution in [3.63, 3.8) is 0 Å². The van der Waals surface area contributed by atoms with Crippen LogP contribution in [-0.2, 0) is 19.1 Å². The molecular formula is C12H17NO6. The van der Waals surface area contributed by atoms with Crippen molar-refractivity contribution in [3.8, 4) is 0 Å². The Balaban J connectivity index is 0.000000344. The number of ether oxygens (including phenoxy) is 1. The Morgan fingerprint density at radius 1 is 1.37 bits per heavy atom. The minimum Gasteiger partial charge on any atom is -0.481 e. The first-order valence-corrected chi connectivity index (χ1v) is 5.50. The lowest BCUT2D eigenvalue weighted by Gasteiger charge is -2.20. The Labute approximate surface area is 110 Å². The van der Waals surface area contributed by atoms with Gasteiger partial charge in [-0.1, -0.05) is 13.2 Å². The predicted molar refractivity (Wildman–Crippen MR) is 66.8 cm³/mol. The van der Waals surface area contributed by atoms with Crippen molar-refractivity contribution in [1.29, 1.82) is 0 Å². The fourth-order valence-electron chi connectivity index (χ4n) is 1.14.